The van der Waals surface area contributed by atoms with E-state index in [1.54, 1.807) is 6.20 Å². The van der Waals surface area contributed by atoms with Gasteiger partial charge in [-0.2, -0.15) is 0 Å². The second kappa shape index (κ2) is 5.10. The Kier molecular flexibility index (Phi) is 3.54. The molecule has 1 N–H and O–H groups in total. The number of halogens is 1. The molecule has 0 radical (unpaired) electrons. The molecule has 0 amide bonds. The molecule has 1 heterocycles. The van der Waals surface area contributed by atoms with Crippen molar-refractivity contribution in [3.63, 3.8) is 0 Å². The highest BCUT2D eigenvalue weighted by Crippen LogP contribution is 2.32. The summed E-state index contributed by atoms with van der Waals surface area (Å²) >= 11 is 6.17. The van der Waals surface area contributed by atoms with Crippen LogP contribution in [0.4, 0.5) is 11.4 Å². The molecule has 0 aliphatic heterocycles. The van der Waals surface area contributed by atoms with E-state index < -0.39 is 0 Å². The van der Waals surface area contributed by atoms with E-state index >= 15 is 0 Å². The lowest BCUT2D eigenvalue weighted by Crippen LogP contribution is -2.12. The molecule has 0 atom stereocenters. The van der Waals surface area contributed by atoms with Gasteiger partial charge >= 0.3 is 0 Å². The van der Waals surface area contributed by atoms with Crippen LogP contribution in [0.15, 0.2) is 35.2 Å². The molecule has 0 spiro atoms. The molecule has 2 rings (SSSR count). The topological polar surface area (TPSA) is 41.3 Å². The Balaban J connectivity index is 2.18. The summed E-state index contributed by atoms with van der Waals surface area (Å²) in [6.07, 6.45) is 3.11. The van der Waals surface area contributed by atoms with E-state index in [4.69, 9.17) is 16.0 Å². The van der Waals surface area contributed by atoms with Crippen molar-refractivity contribution < 1.29 is 4.42 Å². The highest BCUT2D eigenvalue weighted by Gasteiger charge is 2.09. The smallest absolute Gasteiger partial charge is 0.180 e. The van der Waals surface area contributed by atoms with Crippen molar-refractivity contribution in [2.45, 2.75) is 6.54 Å². The van der Waals surface area contributed by atoms with Crippen LogP contribution in [0.1, 0.15) is 5.76 Å². The number of aromatic nitrogens is 1. The third-order valence-corrected chi connectivity index (χ3v) is 2.68. The van der Waals surface area contributed by atoms with Gasteiger partial charge in [-0.05, 0) is 12.1 Å². The molecule has 0 aliphatic rings. The lowest BCUT2D eigenvalue weighted by atomic mass is 10.2. The Morgan fingerprint density at radius 1 is 1.41 bits per heavy atom. The number of anilines is 2. The van der Waals surface area contributed by atoms with Gasteiger partial charge < -0.3 is 14.6 Å². The Morgan fingerprint density at radius 2 is 2.24 bits per heavy atom. The zero-order valence-electron chi connectivity index (χ0n) is 9.77. The van der Waals surface area contributed by atoms with Crippen LogP contribution in [-0.4, -0.2) is 19.1 Å². The maximum atomic E-state index is 6.17. The third-order valence-electron chi connectivity index (χ3n) is 2.37. The Morgan fingerprint density at radius 3 is 2.88 bits per heavy atom. The van der Waals surface area contributed by atoms with Crippen LogP contribution >= 0.6 is 11.6 Å². The zero-order chi connectivity index (χ0) is 12.3. The van der Waals surface area contributed by atoms with E-state index in [0.29, 0.717) is 6.54 Å². The molecule has 5 heteroatoms. The summed E-state index contributed by atoms with van der Waals surface area (Å²) in [6.45, 7) is 0.585. The zero-order valence-corrected chi connectivity index (χ0v) is 10.5. The summed E-state index contributed by atoms with van der Waals surface area (Å²) in [4.78, 5) is 5.84. The third kappa shape index (κ3) is 2.71. The number of para-hydroxylation sites is 1. The van der Waals surface area contributed by atoms with Crippen LogP contribution in [0.2, 0.25) is 5.02 Å². The fraction of sp³-hybridized carbons (Fsp3) is 0.250. The SMILES string of the molecule is CN(C)c1c(Cl)cccc1NCc1cnco1. The summed E-state index contributed by atoms with van der Waals surface area (Å²) in [5.74, 6) is 0.787. The lowest BCUT2D eigenvalue weighted by molar-refractivity contribution is 0.512. The normalized spacial score (nSPS) is 10.3. The molecular formula is C12H14ClN3O. The van der Waals surface area contributed by atoms with Crippen molar-refractivity contribution in [1.29, 1.82) is 0 Å². The van der Waals surface area contributed by atoms with E-state index in [1.165, 1.54) is 6.39 Å². The van der Waals surface area contributed by atoms with Gasteiger partial charge in [0.1, 0.15) is 5.76 Å². The number of rotatable bonds is 4. The first-order valence-electron chi connectivity index (χ1n) is 5.25. The largest absolute Gasteiger partial charge is 0.447 e. The first-order chi connectivity index (χ1) is 8.18. The van der Waals surface area contributed by atoms with E-state index in [9.17, 15) is 0 Å². The van der Waals surface area contributed by atoms with Crippen LogP contribution in [0.25, 0.3) is 0 Å². The molecule has 1 aromatic heterocycles. The number of hydrogen-bond acceptors (Lipinski definition) is 4. The Bertz CT molecular complexity index is 483. The van der Waals surface area contributed by atoms with Crippen LogP contribution in [-0.2, 0) is 6.54 Å². The average molecular weight is 252 g/mol. The van der Waals surface area contributed by atoms with Crippen molar-refractivity contribution in [1.82, 2.24) is 4.98 Å². The monoisotopic (exact) mass is 251 g/mol. The molecule has 2 aromatic rings. The molecule has 0 aliphatic carbocycles. The van der Waals surface area contributed by atoms with Crippen molar-refractivity contribution in [3.05, 3.63) is 41.6 Å². The van der Waals surface area contributed by atoms with E-state index in [2.05, 4.69) is 10.3 Å². The van der Waals surface area contributed by atoms with Gasteiger partial charge in [-0.3, -0.25) is 0 Å². The lowest BCUT2D eigenvalue weighted by Gasteiger charge is -2.19. The van der Waals surface area contributed by atoms with Gasteiger partial charge in [-0.1, -0.05) is 17.7 Å². The first kappa shape index (κ1) is 11.8. The van der Waals surface area contributed by atoms with Gasteiger partial charge in [0.05, 0.1) is 29.1 Å². The van der Waals surface area contributed by atoms with Crippen molar-refractivity contribution in [2.24, 2.45) is 0 Å². The summed E-state index contributed by atoms with van der Waals surface area (Å²) in [7, 11) is 3.92. The predicted molar refractivity (Wildman–Crippen MR) is 69.6 cm³/mol. The Hall–Kier alpha value is -1.68. The fourth-order valence-electron chi connectivity index (χ4n) is 1.62. The van der Waals surface area contributed by atoms with Crippen LogP contribution in [0.3, 0.4) is 0 Å². The minimum Gasteiger partial charge on any atom is -0.447 e. The number of nitrogens with zero attached hydrogens (tertiary/aromatic N) is 2. The molecule has 90 valence electrons. The number of hydrogen-bond donors (Lipinski definition) is 1. The Labute approximate surface area is 105 Å². The molecule has 4 nitrogen and oxygen atoms in total. The van der Waals surface area contributed by atoms with Crippen LogP contribution in [0.5, 0.6) is 0 Å². The van der Waals surface area contributed by atoms with E-state index in [-0.39, 0.29) is 0 Å². The molecule has 17 heavy (non-hydrogen) atoms. The minimum absolute atomic E-state index is 0.585. The molecule has 0 saturated carbocycles. The second-order valence-corrected chi connectivity index (χ2v) is 4.26. The molecular weight excluding hydrogens is 238 g/mol. The summed E-state index contributed by atoms with van der Waals surface area (Å²) in [6, 6.07) is 5.77. The van der Waals surface area contributed by atoms with Crippen molar-refractivity contribution in [2.75, 3.05) is 24.3 Å². The fourth-order valence-corrected chi connectivity index (χ4v) is 1.97. The van der Waals surface area contributed by atoms with Gasteiger partial charge in [0.25, 0.3) is 0 Å². The van der Waals surface area contributed by atoms with Gasteiger partial charge in [0.15, 0.2) is 6.39 Å². The highest BCUT2D eigenvalue weighted by atomic mass is 35.5. The maximum Gasteiger partial charge on any atom is 0.180 e. The summed E-state index contributed by atoms with van der Waals surface area (Å²) in [5, 5.41) is 4.00. The molecule has 0 saturated heterocycles. The molecule has 0 unspecified atom stereocenters. The number of nitrogens with one attached hydrogen (secondary N) is 1. The summed E-state index contributed by atoms with van der Waals surface area (Å²) in [5.41, 5.74) is 1.94. The summed E-state index contributed by atoms with van der Waals surface area (Å²) < 4.78 is 5.17. The average Bonchev–Trinajstić information content (AvgIpc) is 2.78. The molecule has 0 bridgehead atoms. The molecule has 1 aromatic carbocycles. The van der Waals surface area contributed by atoms with Crippen LogP contribution < -0.4 is 10.2 Å². The molecule has 0 fully saturated rings. The quantitative estimate of drug-likeness (QED) is 0.907. The van der Waals surface area contributed by atoms with Gasteiger partial charge in [-0.25, -0.2) is 4.98 Å². The number of oxazole rings is 1. The number of benzene rings is 1. The van der Waals surface area contributed by atoms with Crippen molar-refractivity contribution in [3.8, 4) is 0 Å². The highest BCUT2D eigenvalue weighted by molar-refractivity contribution is 6.34. The van der Waals surface area contributed by atoms with E-state index in [0.717, 1.165) is 22.2 Å². The maximum absolute atomic E-state index is 6.17. The van der Waals surface area contributed by atoms with Crippen LogP contribution in [0, 0.1) is 0 Å². The van der Waals surface area contributed by atoms with Gasteiger partial charge in [0.2, 0.25) is 0 Å². The predicted octanol–water partition coefficient (Wildman–Crippen LogP) is 3.01. The minimum atomic E-state index is 0.585. The van der Waals surface area contributed by atoms with Crippen molar-refractivity contribution >= 4 is 23.0 Å². The standard InChI is InChI=1S/C12H14ClN3O/c1-16(2)12-10(13)4-3-5-11(12)15-7-9-6-14-8-17-9/h3-6,8,15H,7H2,1-2H3. The second-order valence-electron chi connectivity index (χ2n) is 3.85. The van der Waals surface area contributed by atoms with Gasteiger partial charge in [0, 0.05) is 14.1 Å². The first-order valence-corrected chi connectivity index (χ1v) is 5.63. The van der Waals surface area contributed by atoms with E-state index in [1.807, 2.05) is 37.2 Å². The van der Waals surface area contributed by atoms with Gasteiger partial charge in [-0.15, -0.1) is 0 Å².